The molecule has 0 unspecified atom stereocenters. The van der Waals surface area contributed by atoms with E-state index in [2.05, 4.69) is 15.3 Å². The number of carbonyl (C=O) groups is 1. The van der Waals surface area contributed by atoms with Gasteiger partial charge in [-0.05, 0) is 31.9 Å². The van der Waals surface area contributed by atoms with Crippen molar-refractivity contribution in [3.63, 3.8) is 0 Å². The molecule has 0 radical (unpaired) electrons. The normalized spacial score (nSPS) is 15.1. The summed E-state index contributed by atoms with van der Waals surface area (Å²) in [7, 11) is 1.64. The number of hydrogen-bond acceptors (Lipinski definition) is 4. The molecule has 0 aliphatic heterocycles. The van der Waals surface area contributed by atoms with Crippen LogP contribution in [0.3, 0.4) is 0 Å². The number of methoxy groups -OCH3 is 1. The van der Waals surface area contributed by atoms with Crippen LogP contribution in [0.1, 0.15) is 37.7 Å². The Labute approximate surface area is 142 Å². The second-order valence-corrected chi connectivity index (χ2v) is 6.31. The van der Waals surface area contributed by atoms with E-state index in [1.165, 1.54) is 6.42 Å². The van der Waals surface area contributed by atoms with Crippen LogP contribution >= 0.6 is 0 Å². The molecule has 0 atom stereocenters. The number of amides is 1. The maximum Gasteiger partial charge on any atom is 0.228 e. The van der Waals surface area contributed by atoms with Gasteiger partial charge < -0.3 is 10.1 Å². The molecule has 5 heteroatoms. The summed E-state index contributed by atoms with van der Waals surface area (Å²) in [5, 5.41) is 2.89. The third kappa shape index (κ3) is 3.72. The zero-order valence-corrected chi connectivity index (χ0v) is 14.2. The average Bonchev–Trinajstić information content (AvgIpc) is 2.63. The van der Waals surface area contributed by atoms with Gasteiger partial charge in [0, 0.05) is 11.5 Å². The Morgan fingerprint density at radius 2 is 1.96 bits per heavy atom. The van der Waals surface area contributed by atoms with Crippen LogP contribution < -0.4 is 10.1 Å². The molecule has 3 rings (SSSR count). The summed E-state index contributed by atoms with van der Waals surface area (Å²) < 4.78 is 5.39. The third-order valence-electron chi connectivity index (χ3n) is 4.51. The first-order valence-electron chi connectivity index (χ1n) is 8.45. The second-order valence-electron chi connectivity index (χ2n) is 6.31. The first-order chi connectivity index (χ1) is 11.7. The van der Waals surface area contributed by atoms with Crippen molar-refractivity contribution < 1.29 is 9.53 Å². The molecule has 1 aliphatic rings. The molecule has 1 aromatic carbocycles. The Morgan fingerprint density at radius 1 is 1.17 bits per heavy atom. The lowest BCUT2D eigenvalue weighted by atomic mass is 9.89. The number of benzene rings is 1. The van der Waals surface area contributed by atoms with Gasteiger partial charge in [0.15, 0.2) is 5.82 Å². The molecule has 24 heavy (non-hydrogen) atoms. The van der Waals surface area contributed by atoms with Gasteiger partial charge in [-0.3, -0.25) is 9.78 Å². The van der Waals surface area contributed by atoms with Crippen molar-refractivity contribution in [2.24, 2.45) is 5.92 Å². The lowest BCUT2D eigenvalue weighted by Gasteiger charge is -2.20. The topological polar surface area (TPSA) is 64.1 Å². The highest BCUT2D eigenvalue weighted by molar-refractivity contribution is 5.91. The first-order valence-corrected chi connectivity index (χ1v) is 8.45. The Kier molecular flexibility index (Phi) is 5.08. The molecule has 1 heterocycles. The highest BCUT2D eigenvalue weighted by atomic mass is 16.5. The number of hydrogen-bond donors (Lipinski definition) is 1. The minimum atomic E-state index is 0.0601. The molecule has 0 saturated heterocycles. The van der Waals surface area contributed by atoms with E-state index in [1.807, 2.05) is 25.1 Å². The number of rotatable bonds is 4. The van der Waals surface area contributed by atoms with Crippen LogP contribution in [0.2, 0.25) is 0 Å². The zero-order chi connectivity index (χ0) is 16.9. The van der Waals surface area contributed by atoms with Gasteiger partial charge in [0.05, 0.1) is 25.2 Å². The molecule has 0 spiro atoms. The fraction of sp³-hybridized carbons (Fsp3) is 0.421. The van der Waals surface area contributed by atoms with Crippen molar-refractivity contribution in [1.29, 1.82) is 0 Å². The van der Waals surface area contributed by atoms with Gasteiger partial charge in [-0.1, -0.05) is 30.9 Å². The van der Waals surface area contributed by atoms with E-state index >= 15 is 0 Å². The van der Waals surface area contributed by atoms with Crippen molar-refractivity contribution in [2.75, 3.05) is 12.4 Å². The van der Waals surface area contributed by atoms with Crippen LogP contribution in [0.4, 0.5) is 5.82 Å². The summed E-state index contributed by atoms with van der Waals surface area (Å²) in [6.07, 6.45) is 8.73. The number of carbonyl (C=O) groups excluding carboxylic acids is 1. The molecule has 1 N–H and O–H groups in total. The van der Waals surface area contributed by atoms with Crippen molar-refractivity contribution in [3.05, 3.63) is 36.2 Å². The number of nitrogens with one attached hydrogen (secondary N) is 1. The number of ether oxygens (including phenoxy) is 1. The monoisotopic (exact) mass is 325 g/mol. The molecule has 2 aromatic rings. The Balaban J connectivity index is 1.73. The molecule has 5 nitrogen and oxygen atoms in total. The van der Waals surface area contributed by atoms with Gasteiger partial charge in [0.1, 0.15) is 5.75 Å². The predicted octanol–water partition coefficient (Wildman–Crippen LogP) is 3.98. The van der Waals surface area contributed by atoms with E-state index < -0.39 is 0 Å². The highest BCUT2D eigenvalue weighted by Gasteiger charge is 2.21. The third-order valence-corrected chi connectivity index (χ3v) is 4.51. The largest absolute Gasteiger partial charge is 0.496 e. The van der Waals surface area contributed by atoms with E-state index in [0.717, 1.165) is 48.3 Å². The summed E-state index contributed by atoms with van der Waals surface area (Å²) in [6.45, 7) is 2.02. The van der Waals surface area contributed by atoms with Gasteiger partial charge >= 0.3 is 0 Å². The van der Waals surface area contributed by atoms with E-state index in [0.29, 0.717) is 5.82 Å². The van der Waals surface area contributed by atoms with Gasteiger partial charge in [0.25, 0.3) is 0 Å². The Bertz CT molecular complexity index is 707. The summed E-state index contributed by atoms with van der Waals surface area (Å²) in [5.74, 6) is 1.43. The van der Waals surface area contributed by atoms with Gasteiger partial charge in [-0.2, -0.15) is 0 Å². The lowest BCUT2D eigenvalue weighted by Crippen LogP contribution is -2.25. The minimum Gasteiger partial charge on any atom is -0.496 e. The molecule has 1 aromatic heterocycles. The quantitative estimate of drug-likeness (QED) is 0.923. The van der Waals surface area contributed by atoms with Crippen LogP contribution in [0.5, 0.6) is 5.75 Å². The number of aryl methyl sites for hydroxylation is 1. The zero-order valence-electron chi connectivity index (χ0n) is 14.2. The van der Waals surface area contributed by atoms with Crippen molar-refractivity contribution >= 4 is 11.7 Å². The van der Waals surface area contributed by atoms with Crippen molar-refractivity contribution in [3.8, 4) is 17.0 Å². The SMILES string of the molecule is COc1ccc(C)cc1-c1cnc(NC(=O)C2CCCCC2)cn1. The maximum atomic E-state index is 12.3. The fourth-order valence-electron chi connectivity index (χ4n) is 3.15. The molecular weight excluding hydrogens is 302 g/mol. The number of nitrogens with zero attached hydrogens (tertiary/aromatic N) is 2. The van der Waals surface area contributed by atoms with E-state index in [1.54, 1.807) is 19.5 Å². The molecule has 0 bridgehead atoms. The lowest BCUT2D eigenvalue weighted by molar-refractivity contribution is -0.120. The average molecular weight is 325 g/mol. The van der Waals surface area contributed by atoms with E-state index in [-0.39, 0.29) is 11.8 Å². The van der Waals surface area contributed by atoms with Gasteiger partial charge in [0.2, 0.25) is 5.91 Å². The van der Waals surface area contributed by atoms with Crippen LogP contribution in [0.25, 0.3) is 11.3 Å². The summed E-state index contributed by atoms with van der Waals surface area (Å²) in [5.41, 5.74) is 2.75. The second kappa shape index (κ2) is 7.43. The number of aromatic nitrogens is 2. The van der Waals surface area contributed by atoms with Crippen molar-refractivity contribution in [1.82, 2.24) is 9.97 Å². The van der Waals surface area contributed by atoms with Crippen LogP contribution in [-0.4, -0.2) is 23.0 Å². The molecule has 1 aliphatic carbocycles. The fourth-order valence-corrected chi connectivity index (χ4v) is 3.15. The summed E-state index contributed by atoms with van der Waals surface area (Å²) in [4.78, 5) is 21.1. The molecular formula is C19H23N3O2. The summed E-state index contributed by atoms with van der Waals surface area (Å²) in [6, 6.07) is 5.93. The molecule has 126 valence electrons. The number of anilines is 1. The standard InChI is InChI=1S/C19H23N3O2/c1-13-8-9-17(24-2)15(10-13)16-11-21-18(12-20-16)22-19(23)14-6-4-3-5-7-14/h8-12,14H,3-7H2,1-2H3,(H,21,22,23). The Morgan fingerprint density at radius 3 is 2.62 bits per heavy atom. The first kappa shape index (κ1) is 16.4. The maximum absolute atomic E-state index is 12.3. The minimum absolute atomic E-state index is 0.0601. The van der Waals surface area contributed by atoms with E-state index in [4.69, 9.17) is 4.74 Å². The van der Waals surface area contributed by atoms with Gasteiger partial charge in [-0.15, -0.1) is 0 Å². The molecule has 1 amide bonds. The van der Waals surface area contributed by atoms with Crippen LogP contribution in [0, 0.1) is 12.8 Å². The van der Waals surface area contributed by atoms with E-state index in [9.17, 15) is 4.79 Å². The highest BCUT2D eigenvalue weighted by Crippen LogP contribution is 2.29. The molecule has 1 fully saturated rings. The smallest absolute Gasteiger partial charge is 0.228 e. The predicted molar refractivity (Wildman–Crippen MR) is 94.0 cm³/mol. The van der Waals surface area contributed by atoms with Crippen LogP contribution in [0.15, 0.2) is 30.6 Å². The summed E-state index contributed by atoms with van der Waals surface area (Å²) >= 11 is 0. The van der Waals surface area contributed by atoms with Gasteiger partial charge in [-0.25, -0.2) is 4.98 Å². The van der Waals surface area contributed by atoms with Crippen molar-refractivity contribution in [2.45, 2.75) is 39.0 Å². The van der Waals surface area contributed by atoms with Crippen LogP contribution in [-0.2, 0) is 4.79 Å². The molecule has 1 saturated carbocycles. The Hall–Kier alpha value is -2.43.